The summed E-state index contributed by atoms with van der Waals surface area (Å²) in [5, 5.41) is 1.22. The van der Waals surface area contributed by atoms with Gasteiger partial charge in [-0.25, -0.2) is 0 Å². The molecule has 0 unspecified atom stereocenters. The van der Waals surface area contributed by atoms with Crippen molar-refractivity contribution in [2.24, 2.45) is 5.73 Å². The molecule has 0 atom stereocenters. The molecule has 0 radical (unpaired) electrons. The normalized spacial score (nSPS) is 11.1. The van der Waals surface area contributed by atoms with E-state index in [0.717, 1.165) is 16.8 Å². The lowest BCUT2D eigenvalue weighted by Crippen LogP contribution is -1.94. The van der Waals surface area contributed by atoms with Crippen LogP contribution in [0.15, 0.2) is 66.7 Å². The maximum atomic E-state index is 5.72. The van der Waals surface area contributed by atoms with Gasteiger partial charge in [-0.3, -0.25) is 0 Å². The topological polar surface area (TPSA) is 41.8 Å². The summed E-state index contributed by atoms with van der Waals surface area (Å²) >= 11 is 1.81. The Morgan fingerprint density at radius 2 is 1.68 bits per heavy atom. The lowest BCUT2D eigenvalue weighted by Gasteiger charge is -1.95. The summed E-state index contributed by atoms with van der Waals surface area (Å²) in [6, 6.07) is 23.4. The Labute approximate surface area is 133 Å². The average Bonchev–Trinajstić information content (AvgIpc) is 3.21. The third-order valence-corrected chi connectivity index (χ3v) is 5.02. The summed E-state index contributed by atoms with van der Waals surface area (Å²) in [5.41, 5.74) is 10.5. The van der Waals surface area contributed by atoms with E-state index in [1.165, 1.54) is 20.7 Å². The van der Waals surface area contributed by atoms with Gasteiger partial charge in [0.25, 0.3) is 0 Å². The second-order valence-corrected chi connectivity index (χ2v) is 6.42. The van der Waals surface area contributed by atoms with Crippen molar-refractivity contribution in [2.45, 2.75) is 6.54 Å². The zero-order valence-corrected chi connectivity index (χ0v) is 12.9. The first kappa shape index (κ1) is 13.3. The van der Waals surface area contributed by atoms with Gasteiger partial charge >= 0.3 is 0 Å². The van der Waals surface area contributed by atoms with Crippen LogP contribution in [0.5, 0.6) is 0 Å². The van der Waals surface area contributed by atoms with Crippen molar-refractivity contribution in [1.82, 2.24) is 4.98 Å². The molecule has 3 heteroatoms. The summed E-state index contributed by atoms with van der Waals surface area (Å²) in [6.45, 7) is 0.577. The molecule has 0 fully saturated rings. The Bertz CT molecular complexity index is 919. The minimum atomic E-state index is 0.577. The van der Waals surface area contributed by atoms with Crippen LogP contribution in [0.25, 0.3) is 31.9 Å². The first-order valence-corrected chi connectivity index (χ1v) is 8.12. The Morgan fingerprint density at radius 1 is 0.864 bits per heavy atom. The standard InChI is InChI=1S/C19H16N2S/c20-12-13-6-7-16-15(10-13)11-17(21-16)19-9-8-18(22-19)14-4-2-1-3-5-14/h1-11,21H,12,20H2. The highest BCUT2D eigenvalue weighted by Crippen LogP contribution is 2.35. The molecule has 4 aromatic rings. The Kier molecular flexibility index (Phi) is 3.29. The molecule has 0 amide bonds. The number of nitrogens with two attached hydrogens (primary N) is 1. The molecule has 0 bridgehead atoms. The van der Waals surface area contributed by atoms with Gasteiger partial charge in [-0.1, -0.05) is 36.4 Å². The Morgan fingerprint density at radius 3 is 2.50 bits per heavy atom. The molecule has 22 heavy (non-hydrogen) atoms. The summed E-state index contributed by atoms with van der Waals surface area (Å²) < 4.78 is 0. The number of thiophene rings is 1. The number of H-pyrrole nitrogens is 1. The molecule has 2 aromatic heterocycles. The number of aromatic amines is 1. The van der Waals surface area contributed by atoms with Gasteiger partial charge in [-0.2, -0.15) is 0 Å². The van der Waals surface area contributed by atoms with Crippen molar-refractivity contribution in [3.05, 3.63) is 72.3 Å². The first-order valence-electron chi connectivity index (χ1n) is 7.31. The maximum absolute atomic E-state index is 5.72. The number of rotatable bonds is 3. The van der Waals surface area contributed by atoms with E-state index in [-0.39, 0.29) is 0 Å². The SMILES string of the molecule is NCc1ccc2[nH]c(-c3ccc(-c4ccccc4)s3)cc2c1. The number of aromatic nitrogens is 1. The summed E-state index contributed by atoms with van der Waals surface area (Å²) in [7, 11) is 0. The molecule has 3 N–H and O–H groups in total. The first-order chi connectivity index (χ1) is 10.8. The molecule has 0 aliphatic heterocycles. The lowest BCUT2D eigenvalue weighted by molar-refractivity contribution is 1.08. The van der Waals surface area contributed by atoms with Crippen LogP contribution in [0.3, 0.4) is 0 Å². The minimum Gasteiger partial charge on any atom is -0.354 e. The van der Waals surface area contributed by atoms with E-state index >= 15 is 0 Å². The van der Waals surface area contributed by atoms with Gasteiger partial charge in [0.15, 0.2) is 0 Å². The average molecular weight is 304 g/mol. The number of nitrogens with one attached hydrogen (secondary N) is 1. The Hall–Kier alpha value is -2.36. The van der Waals surface area contributed by atoms with Crippen LogP contribution >= 0.6 is 11.3 Å². The van der Waals surface area contributed by atoms with Crippen LogP contribution in [-0.4, -0.2) is 4.98 Å². The molecule has 2 nitrogen and oxygen atoms in total. The van der Waals surface area contributed by atoms with Gasteiger partial charge in [0.2, 0.25) is 0 Å². The van der Waals surface area contributed by atoms with Gasteiger partial charge in [0.05, 0.1) is 10.6 Å². The van der Waals surface area contributed by atoms with Gasteiger partial charge in [-0.05, 0) is 41.5 Å². The predicted molar refractivity (Wildman–Crippen MR) is 94.9 cm³/mol. The molecule has 2 aromatic carbocycles. The largest absolute Gasteiger partial charge is 0.354 e. The number of hydrogen-bond acceptors (Lipinski definition) is 2. The molecule has 108 valence electrons. The van der Waals surface area contributed by atoms with E-state index in [0.29, 0.717) is 6.54 Å². The molecule has 0 aliphatic carbocycles. The lowest BCUT2D eigenvalue weighted by atomic mass is 10.1. The predicted octanol–water partition coefficient (Wildman–Crippen LogP) is 5.02. The zero-order chi connectivity index (χ0) is 14.9. The smallest absolute Gasteiger partial charge is 0.0566 e. The van der Waals surface area contributed by atoms with Crippen molar-refractivity contribution >= 4 is 22.2 Å². The van der Waals surface area contributed by atoms with E-state index in [9.17, 15) is 0 Å². The molecule has 2 heterocycles. The molecule has 0 saturated carbocycles. The molecule has 0 aliphatic rings. The fourth-order valence-electron chi connectivity index (χ4n) is 2.68. The minimum absolute atomic E-state index is 0.577. The van der Waals surface area contributed by atoms with Gasteiger partial charge in [0, 0.05) is 22.3 Å². The van der Waals surface area contributed by atoms with Crippen LogP contribution < -0.4 is 5.73 Å². The summed E-state index contributed by atoms with van der Waals surface area (Å²) in [5.74, 6) is 0. The van der Waals surface area contributed by atoms with Crippen molar-refractivity contribution in [2.75, 3.05) is 0 Å². The molecule has 0 saturated heterocycles. The fourth-order valence-corrected chi connectivity index (χ4v) is 3.66. The van der Waals surface area contributed by atoms with Crippen LogP contribution in [0, 0.1) is 0 Å². The highest BCUT2D eigenvalue weighted by atomic mass is 32.1. The molecular weight excluding hydrogens is 288 g/mol. The van der Waals surface area contributed by atoms with E-state index in [4.69, 9.17) is 5.73 Å². The number of hydrogen-bond donors (Lipinski definition) is 2. The fraction of sp³-hybridized carbons (Fsp3) is 0.0526. The zero-order valence-electron chi connectivity index (χ0n) is 12.0. The van der Waals surface area contributed by atoms with E-state index in [1.807, 2.05) is 17.4 Å². The molecule has 0 spiro atoms. The highest BCUT2D eigenvalue weighted by molar-refractivity contribution is 7.18. The van der Waals surface area contributed by atoms with Crippen LogP contribution in [0.2, 0.25) is 0 Å². The van der Waals surface area contributed by atoms with Crippen molar-refractivity contribution in [3.63, 3.8) is 0 Å². The van der Waals surface area contributed by atoms with Crippen LogP contribution in [-0.2, 0) is 6.54 Å². The quantitative estimate of drug-likeness (QED) is 0.548. The molecule has 4 rings (SSSR count). The van der Waals surface area contributed by atoms with Crippen LogP contribution in [0.1, 0.15) is 5.56 Å². The van der Waals surface area contributed by atoms with Crippen molar-refractivity contribution in [3.8, 4) is 21.0 Å². The Balaban J connectivity index is 1.74. The highest BCUT2D eigenvalue weighted by Gasteiger charge is 2.08. The van der Waals surface area contributed by atoms with Crippen LogP contribution in [0.4, 0.5) is 0 Å². The van der Waals surface area contributed by atoms with E-state index < -0.39 is 0 Å². The third kappa shape index (κ3) is 2.34. The number of benzene rings is 2. The van der Waals surface area contributed by atoms with E-state index in [2.05, 4.69) is 65.6 Å². The van der Waals surface area contributed by atoms with Gasteiger partial charge in [0.1, 0.15) is 0 Å². The van der Waals surface area contributed by atoms with Gasteiger partial charge < -0.3 is 10.7 Å². The number of fused-ring (bicyclic) bond motifs is 1. The maximum Gasteiger partial charge on any atom is 0.0566 e. The summed E-state index contributed by atoms with van der Waals surface area (Å²) in [6.07, 6.45) is 0. The third-order valence-electron chi connectivity index (χ3n) is 3.85. The molecular formula is C19H16N2S. The second kappa shape index (κ2) is 5.44. The summed E-state index contributed by atoms with van der Waals surface area (Å²) in [4.78, 5) is 6.04. The van der Waals surface area contributed by atoms with E-state index in [1.54, 1.807) is 0 Å². The monoisotopic (exact) mass is 304 g/mol. The van der Waals surface area contributed by atoms with Crippen molar-refractivity contribution < 1.29 is 0 Å². The van der Waals surface area contributed by atoms with Crippen molar-refractivity contribution in [1.29, 1.82) is 0 Å². The second-order valence-electron chi connectivity index (χ2n) is 5.34. The van der Waals surface area contributed by atoms with Gasteiger partial charge in [-0.15, -0.1) is 11.3 Å².